The molecule has 1 aliphatic rings. The van der Waals surface area contributed by atoms with E-state index < -0.39 is 0 Å². The van der Waals surface area contributed by atoms with E-state index in [1.807, 2.05) is 23.0 Å². The van der Waals surface area contributed by atoms with Crippen LogP contribution in [0.2, 0.25) is 0 Å². The molecule has 5 nitrogen and oxygen atoms in total. The SMILES string of the molecule is COC(=O)C=Cc1ccc(C2CCCN2Cc2cnn3ccccc23)cc1. The fraction of sp³-hybridized carbons (Fsp3) is 0.273. The van der Waals surface area contributed by atoms with Crippen molar-refractivity contribution in [3.63, 3.8) is 0 Å². The van der Waals surface area contributed by atoms with Gasteiger partial charge in [-0.25, -0.2) is 9.31 Å². The molecule has 1 atom stereocenters. The number of methoxy groups -OCH3 is 1. The average Bonchev–Trinajstić information content (AvgIpc) is 3.34. The Morgan fingerprint density at radius 2 is 2.11 bits per heavy atom. The van der Waals surface area contributed by atoms with Gasteiger partial charge >= 0.3 is 5.97 Å². The van der Waals surface area contributed by atoms with Gasteiger partial charge in [-0.3, -0.25) is 4.90 Å². The number of hydrogen-bond acceptors (Lipinski definition) is 4. The first-order valence-electron chi connectivity index (χ1n) is 9.26. The molecule has 27 heavy (non-hydrogen) atoms. The molecule has 3 heterocycles. The molecule has 0 spiro atoms. The van der Waals surface area contributed by atoms with Crippen molar-refractivity contribution >= 4 is 17.6 Å². The van der Waals surface area contributed by atoms with Crippen LogP contribution >= 0.6 is 0 Å². The Bertz CT molecular complexity index is 959. The topological polar surface area (TPSA) is 46.8 Å². The third-order valence-corrected chi connectivity index (χ3v) is 5.18. The molecule has 4 rings (SSSR count). The van der Waals surface area contributed by atoms with Crippen LogP contribution in [-0.2, 0) is 16.1 Å². The number of likely N-dealkylation sites (tertiary alicyclic amines) is 1. The second-order valence-electron chi connectivity index (χ2n) is 6.85. The molecule has 0 amide bonds. The van der Waals surface area contributed by atoms with Crippen LogP contribution in [0.1, 0.15) is 35.6 Å². The number of ether oxygens (including phenoxy) is 1. The largest absolute Gasteiger partial charge is 0.466 e. The van der Waals surface area contributed by atoms with Gasteiger partial charge < -0.3 is 4.74 Å². The highest BCUT2D eigenvalue weighted by Crippen LogP contribution is 2.33. The molecule has 0 aliphatic carbocycles. The van der Waals surface area contributed by atoms with E-state index in [4.69, 9.17) is 0 Å². The summed E-state index contributed by atoms with van der Waals surface area (Å²) >= 11 is 0. The highest BCUT2D eigenvalue weighted by molar-refractivity contribution is 5.86. The number of rotatable bonds is 5. The summed E-state index contributed by atoms with van der Waals surface area (Å²) in [5.41, 5.74) is 4.75. The fourth-order valence-corrected chi connectivity index (χ4v) is 3.78. The number of pyridine rings is 1. The summed E-state index contributed by atoms with van der Waals surface area (Å²) in [6.45, 7) is 2.00. The van der Waals surface area contributed by atoms with Crippen molar-refractivity contribution in [3.05, 3.63) is 77.6 Å². The Morgan fingerprint density at radius 3 is 2.93 bits per heavy atom. The van der Waals surface area contributed by atoms with Gasteiger partial charge in [-0.2, -0.15) is 5.10 Å². The number of aromatic nitrogens is 2. The van der Waals surface area contributed by atoms with Crippen LogP contribution < -0.4 is 0 Å². The smallest absolute Gasteiger partial charge is 0.330 e. The molecular weight excluding hydrogens is 338 g/mol. The Labute approximate surface area is 158 Å². The lowest BCUT2D eigenvalue weighted by Gasteiger charge is -2.24. The van der Waals surface area contributed by atoms with Crippen molar-refractivity contribution in [1.29, 1.82) is 0 Å². The summed E-state index contributed by atoms with van der Waals surface area (Å²) in [6, 6.07) is 15.0. The van der Waals surface area contributed by atoms with Crippen LogP contribution in [-0.4, -0.2) is 34.1 Å². The lowest BCUT2D eigenvalue weighted by atomic mass is 10.0. The van der Waals surface area contributed by atoms with Crippen molar-refractivity contribution in [2.24, 2.45) is 0 Å². The van der Waals surface area contributed by atoms with Crippen LogP contribution in [0.5, 0.6) is 0 Å². The monoisotopic (exact) mass is 361 g/mol. The number of benzene rings is 1. The maximum atomic E-state index is 11.2. The maximum Gasteiger partial charge on any atom is 0.330 e. The molecule has 1 aromatic carbocycles. The molecule has 138 valence electrons. The van der Waals surface area contributed by atoms with Gasteiger partial charge in [-0.1, -0.05) is 30.3 Å². The Hall–Kier alpha value is -2.92. The van der Waals surface area contributed by atoms with Gasteiger partial charge in [-0.05, 0) is 48.7 Å². The van der Waals surface area contributed by atoms with E-state index in [-0.39, 0.29) is 5.97 Å². The van der Waals surface area contributed by atoms with Crippen LogP contribution in [0, 0.1) is 0 Å². The second-order valence-corrected chi connectivity index (χ2v) is 6.85. The Balaban J connectivity index is 1.49. The first-order valence-corrected chi connectivity index (χ1v) is 9.26. The zero-order valence-electron chi connectivity index (χ0n) is 15.4. The third-order valence-electron chi connectivity index (χ3n) is 5.18. The van der Waals surface area contributed by atoms with Gasteiger partial charge in [0.05, 0.1) is 18.8 Å². The lowest BCUT2D eigenvalue weighted by molar-refractivity contribution is -0.134. The number of hydrogen-bond donors (Lipinski definition) is 0. The number of nitrogens with zero attached hydrogens (tertiary/aromatic N) is 3. The second kappa shape index (κ2) is 7.76. The minimum absolute atomic E-state index is 0.338. The zero-order chi connectivity index (χ0) is 18.6. The molecule has 1 aliphatic heterocycles. The molecule has 0 saturated carbocycles. The molecule has 5 heteroatoms. The predicted molar refractivity (Wildman–Crippen MR) is 105 cm³/mol. The molecule has 2 aromatic heterocycles. The maximum absolute atomic E-state index is 11.2. The summed E-state index contributed by atoms with van der Waals surface area (Å²) in [5, 5.41) is 4.46. The molecular formula is C22H23N3O2. The number of carbonyl (C=O) groups excluding carboxylic acids is 1. The first kappa shape index (κ1) is 17.5. The molecule has 0 radical (unpaired) electrons. The summed E-state index contributed by atoms with van der Waals surface area (Å²) in [4.78, 5) is 13.8. The normalized spacial score (nSPS) is 17.7. The molecule has 1 fully saturated rings. The van der Waals surface area contributed by atoms with Gasteiger partial charge in [-0.15, -0.1) is 0 Å². The summed E-state index contributed by atoms with van der Waals surface area (Å²) in [7, 11) is 1.38. The van der Waals surface area contributed by atoms with Gasteiger partial charge in [0.25, 0.3) is 0 Å². The highest BCUT2D eigenvalue weighted by atomic mass is 16.5. The van der Waals surface area contributed by atoms with Crippen LogP contribution in [0.4, 0.5) is 0 Å². The van der Waals surface area contributed by atoms with Crippen molar-refractivity contribution in [2.75, 3.05) is 13.7 Å². The van der Waals surface area contributed by atoms with E-state index in [1.165, 1.54) is 36.3 Å². The Morgan fingerprint density at radius 1 is 1.26 bits per heavy atom. The highest BCUT2D eigenvalue weighted by Gasteiger charge is 2.26. The van der Waals surface area contributed by atoms with E-state index in [0.29, 0.717) is 6.04 Å². The van der Waals surface area contributed by atoms with Gasteiger partial charge in [0.2, 0.25) is 0 Å². The molecule has 1 saturated heterocycles. The van der Waals surface area contributed by atoms with Crippen LogP contribution in [0.15, 0.2) is 60.9 Å². The van der Waals surface area contributed by atoms with Crippen LogP contribution in [0.25, 0.3) is 11.6 Å². The van der Waals surface area contributed by atoms with E-state index in [1.54, 1.807) is 6.08 Å². The molecule has 0 N–H and O–H groups in total. The third kappa shape index (κ3) is 3.78. The quantitative estimate of drug-likeness (QED) is 0.511. The van der Waals surface area contributed by atoms with Crippen molar-refractivity contribution in [1.82, 2.24) is 14.5 Å². The minimum Gasteiger partial charge on any atom is -0.466 e. The Kier molecular flexibility index (Phi) is 5.03. The van der Waals surface area contributed by atoms with E-state index in [2.05, 4.69) is 51.1 Å². The van der Waals surface area contributed by atoms with Crippen molar-refractivity contribution in [2.45, 2.75) is 25.4 Å². The predicted octanol–water partition coefficient (Wildman–Crippen LogP) is 3.86. The van der Waals surface area contributed by atoms with E-state index in [0.717, 1.165) is 25.1 Å². The average molecular weight is 361 g/mol. The molecule has 3 aromatic rings. The van der Waals surface area contributed by atoms with Crippen molar-refractivity contribution < 1.29 is 9.53 Å². The zero-order valence-corrected chi connectivity index (χ0v) is 15.4. The minimum atomic E-state index is -0.338. The summed E-state index contributed by atoms with van der Waals surface area (Å²) < 4.78 is 6.57. The van der Waals surface area contributed by atoms with Gasteiger partial charge in [0.15, 0.2) is 0 Å². The van der Waals surface area contributed by atoms with Crippen molar-refractivity contribution in [3.8, 4) is 0 Å². The fourth-order valence-electron chi connectivity index (χ4n) is 3.78. The van der Waals surface area contributed by atoms with E-state index >= 15 is 0 Å². The first-order chi connectivity index (χ1) is 13.2. The van der Waals surface area contributed by atoms with Gasteiger partial charge in [0.1, 0.15) is 0 Å². The number of esters is 1. The van der Waals surface area contributed by atoms with Crippen LogP contribution in [0.3, 0.4) is 0 Å². The molecule has 1 unspecified atom stereocenters. The number of carbonyl (C=O) groups is 1. The standard InChI is InChI=1S/C22H23N3O2/c1-27-22(26)12-9-17-7-10-18(11-8-17)20-6-4-13-24(20)16-19-15-23-25-14-3-2-5-21(19)25/h2-3,5,7-12,14-15,20H,4,6,13,16H2,1H3. The lowest BCUT2D eigenvalue weighted by Crippen LogP contribution is -2.22. The van der Waals surface area contributed by atoms with Gasteiger partial charge in [0, 0.05) is 30.4 Å². The summed E-state index contributed by atoms with van der Waals surface area (Å²) in [6.07, 6.45) is 9.56. The molecule has 0 bridgehead atoms. The number of fused-ring (bicyclic) bond motifs is 1. The summed E-state index contributed by atoms with van der Waals surface area (Å²) in [5.74, 6) is -0.338. The van der Waals surface area contributed by atoms with E-state index in [9.17, 15) is 4.79 Å².